The molecule has 2 aromatic rings. The summed E-state index contributed by atoms with van der Waals surface area (Å²) in [5.74, 6) is -3.96. The first-order valence-electron chi connectivity index (χ1n) is 7.57. The van der Waals surface area contributed by atoms with Gasteiger partial charge in [-0.15, -0.1) is 0 Å². The molecule has 0 saturated heterocycles. The van der Waals surface area contributed by atoms with E-state index in [2.05, 4.69) is 10.1 Å². The van der Waals surface area contributed by atoms with Gasteiger partial charge in [-0.25, -0.2) is 13.6 Å². The van der Waals surface area contributed by atoms with Crippen molar-refractivity contribution in [2.75, 3.05) is 7.11 Å². The largest absolute Gasteiger partial charge is 0.467 e. The second-order valence-electron chi connectivity index (χ2n) is 5.20. The molecule has 2 rings (SSSR count). The lowest BCUT2D eigenvalue weighted by atomic mass is 10.1. The Hall–Kier alpha value is -3.02. The number of methoxy groups -OCH3 is 1. The van der Waals surface area contributed by atoms with Gasteiger partial charge in [-0.2, -0.15) is 0 Å². The van der Waals surface area contributed by atoms with Gasteiger partial charge in [-0.05, 0) is 24.1 Å². The molecule has 1 N–H and O–H groups in total. The lowest BCUT2D eigenvalue weighted by molar-refractivity contribution is -0.142. The van der Waals surface area contributed by atoms with Gasteiger partial charge in [0.05, 0.1) is 12.7 Å². The van der Waals surface area contributed by atoms with Crippen molar-refractivity contribution in [3.63, 3.8) is 0 Å². The minimum atomic E-state index is -1.26. The van der Waals surface area contributed by atoms with Crippen LogP contribution in [-0.4, -0.2) is 25.0 Å². The van der Waals surface area contributed by atoms with E-state index in [4.69, 9.17) is 0 Å². The van der Waals surface area contributed by atoms with Crippen molar-refractivity contribution in [2.24, 2.45) is 0 Å². The zero-order valence-electron chi connectivity index (χ0n) is 13.5. The van der Waals surface area contributed by atoms with E-state index in [9.17, 15) is 18.4 Å². The van der Waals surface area contributed by atoms with Crippen molar-refractivity contribution >= 4 is 18.0 Å². The minimum absolute atomic E-state index is 0.143. The third-order valence-electron chi connectivity index (χ3n) is 3.47. The van der Waals surface area contributed by atoms with Crippen LogP contribution in [0.25, 0.3) is 6.08 Å². The molecule has 1 amide bonds. The Labute approximate surface area is 144 Å². The minimum Gasteiger partial charge on any atom is -0.467 e. The van der Waals surface area contributed by atoms with Crippen molar-refractivity contribution in [1.29, 1.82) is 0 Å². The maximum absolute atomic E-state index is 13.7. The molecule has 4 nitrogen and oxygen atoms in total. The molecule has 6 heteroatoms. The smallest absolute Gasteiger partial charge is 0.328 e. The molecule has 25 heavy (non-hydrogen) atoms. The number of esters is 1. The number of amides is 1. The molecule has 0 aliphatic heterocycles. The van der Waals surface area contributed by atoms with Crippen molar-refractivity contribution < 1.29 is 23.1 Å². The summed E-state index contributed by atoms with van der Waals surface area (Å²) in [7, 11) is 1.19. The highest BCUT2D eigenvalue weighted by Crippen LogP contribution is 2.12. The molecule has 0 bridgehead atoms. The monoisotopic (exact) mass is 345 g/mol. The van der Waals surface area contributed by atoms with E-state index < -0.39 is 35.1 Å². The zero-order chi connectivity index (χ0) is 18.2. The first-order chi connectivity index (χ1) is 12.0. The number of ether oxygens (including phenoxy) is 1. The van der Waals surface area contributed by atoms with Crippen LogP contribution in [0.1, 0.15) is 22.3 Å². The molecule has 1 atom stereocenters. The summed E-state index contributed by atoms with van der Waals surface area (Å²) in [4.78, 5) is 24.0. The normalized spacial score (nSPS) is 12.0. The van der Waals surface area contributed by atoms with Crippen LogP contribution in [-0.2, 0) is 9.53 Å². The van der Waals surface area contributed by atoms with Crippen molar-refractivity contribution in [2.45, 2.75) is 12.5 Å². The van der Waals surface area contributed by atoms with Crippen LogP contribution in [0, 0.1) is 11.6 Å². The van der Waals surface area contributed by atoms with Gasteiger partial charge in [0, 0.05) is 0 Å². The maximum Gasteiger partial charge on any atom is 0.328 e. The third-order valence-corrected chi connectivity index (χ3v) is 3.47. The average Bonchev–Trinajstić information content (AvgIpc) is 2.63. The molecule has 0 aliphatic carbocycles. The van der Waals surface area contributed by atoms with Gasteiger partial charge in [0.1, 0.15) is 6.04 Å². The first kappa shape index (κ1) is 18.3. The van der Waals surface area contributed by atoms with Crippen LogP contribution in [0.4, 0.5) is 8.78 Å². The van der Waals surface area contributed by atoms with E-state index in [-0.39, 0.29) is 6.42 Å². The fourth-order valence-electron chi connectivity index (χ4n) is 2.18. The Bertz CT molecular complexity index is 775. The predicted molar refractivity (Wildman–Crippen MR) is 89.7 cm³/mol. The second-order valence-corrected chi connectivity index (χ2v) is 5.20. The highest BCUT2D eigenvalue weighted by atomic mass is 19.2. The van der Waals surface area contributed by atoms with E-state index in [1.807, 2.05) is 30.3 Å². The van der Waals surface area contributed by atoms with E-state index in [0.717, 1.165) is 17.7 Å². The third kappa shape index (κ3) is 4.97. The topological polar surface area (TPSA) is 55.4 Å². The number of rotatable bonds is 6. The van der Waals surface area contributed by atoms with Crippen LogP contribution in [0.15, 0.2) is 54.6 Å². The molecule has 0 aliphatic rings. The average molecular weight is 345 g/mol. The van der Waals surface area contributed by atoms with Gasteiger partial charge < -0.3 is 10.1 Å². The molecular formula is C19H17F2NO3. The Morgan fingerprint density at radius 3 is 2.52 bits per heavy atom. The highest BCUT2D eigenvalue weighted by molar-refractivity contribution is 5.97. The standard InChI is InChI=1S/C19H17F2NO3/c1-25-19(24)16(12-5-9-13-7-3-2-4-8-13)22-18(23)14-10-6-11-15(20)17(14)21/h2-11,16H,12H2,1H3,(H,22,23)/b9-5+/t16-/m0/s1. The number of hydrogen-bond donors (Lipinski definition) is 1. The summed E-state index contributed by atoms with van der Waals surface area (Å²) in [6.45, 7) is 0. The summed E-state index contributed by atoms with van der Waals surface area (Å²) in [6.07, 6.45) is 3.62. The summed E-state index contributed by atoms with van der Waals surface area (Å²) >= 11 is 0. The highest BCUT2D eigenvalue weighted by Gasteiger charge is 2.23. The molecule has 2 aromatic carbocycles. The lowest BCUT2D eigenvalue weighted by Gasteiger charge is -2.15. The van der Waals surface area contributed by atoms with Gasteiger partial charge in [-0.1, -0.05) is 48.6 Å². The molecule has 0 saturated carbocycles. The number of benzene rings is 2. The molecule has 130 valence electrons. The Morgan fingerprint density at radius 2 is 1.84 bits per heavy atom. The number of carbonyl (C=O) groups excluding carboxylic acids is 2. The molecule has 0 unspecified atom stereocenters. The van der Waals surface area contributed by atoms with Crippen LogP contribution in [0.2, 0.25) is 0 Å². The lowest BCUT2D eigenvalue weighted by Crippen LogP contribution is -2.41. The number of halogens is 2. The Balaban J connectivity index is 2.09. The maximum atomic E-state index is 13.7. The van der Waals surface area contributed by atoms with Crippen molar-refractivity contribution in [1.82, 2.24) is 5.32 Å². The van der Waals surface area contributed by atoms with E-state index in [1.165, 1.54) is 13.2 Å². The second kappa shape index (κ2) is 8.73. The molecule has 0 heterocycles. The van der Waals surface area contributed by atoms with Gasteiger partial charge >= 0.3 is 5.97 Å². The molecule has 0 radical (unpaired) electrons. The Morgan fingerprint density at radius 1 is 1.12 bits per heavy atom. The van der Waals surface area contributed by atoms with Gasteiger partial charge in [-0.3, -0.25) is 4.79 Å². The van der Waals surface area contributed by atoms with Gasteiger partial charge in [0.2, 0.25) is 0 Å². The van der Waals surface area contributed by atoms with Crippen LogP contribution < -0.4 is 5.32 Å². The summed E-state index contributed by atoms with van der Waals surface area (Å²) < 4.78 is 31.6. The Kier molecular flexibility index (Phi) is 6.39. The van der Waals surface area contributed by atoms with Gasteiger partial charge in [0.25, 0.3) is 5.91 Å². The van der Waals surface area contributed by atoms with Gasteiger partial charge in [0.15, 0.2) is 11.6 Å². The molecular weight excluding hydrogens is 328 g/mol. The van der Waals surface area contributed by atoms with E-state index >= 15 is 0 Å². The van der Waals surface area contributed by atoms with Crippen LogP contribution in [0.5, 0.6) is 0 Å². The SMILES string of the molecule is COC(=O)[C@H](C/C=C/c1ccccc1)NC(=O)c1cccc(F)c1F. The van der Waals surface area contributed by atoms with E-state index in [1.54, 1.807) is 12.2 Å². The zero-order valence-corrected chi connectivity index (χ0v) is 13.5. The first-order valence-corrected chi connectivity index (χ1v) is 7.57. The van der Waals surface area contributed by atoms with Crippen LogP contribution in [0.3, 0.4) is 0 Å². The number of carbonyl (C=O) groups is 2. The number of nitrogens with one attached hydrogen (secondary N) is 1. The quantitative estimate of drug-likeness (QED) is 0.817. The predicted octanol–water partition coefficient (Wildman–Crippen LogP) is 3.34. The fourth-order valence-corrected chi connectivity index (χ4v) is 2.18. The molecule has 0 fully saturated rings. The summed E-state index contributed by atoms with van der Waals surface area (Å²) in [5, 5.41) is 2.37. The molecule has 0 aromatic heterocycles. The number of hydrogen-bond acceptors (Lipinski definition) is 3. The molecule has 0 spiro atoms. The van der Waals surface area contributed by atoms with Crippen molar-refractivity contribution in [3.8, 4) is 0 Å². The summed E-state index contributed by atoms with van der Waals surface area (Å²) in [6, 6.07) is 11.6. The van der Waals surface area contributed by atoms with Crippen LogP contribution >= 0.6 is 0 Å². The van der Waals surface area contributed by atoms with Crippen molar-refractivity contribution in [3.05, 3.63) is 77.4 Å². The summed E-state index contributed by atoms with van der Waals surface area (Å²) in [5.41, 5.74) is 0.453. The van der Waals surface area contributed by atoms with E-state index in [0.29, 0.717) is 0 Å². The fraction of sp³-hybridized carbons (Fsp3) is 0.158.